The van der Waals surface area contributed by atoms with Crippen molar-refractivity contribution >= 4 is 34.9 Å². The quantitative estimate of drug-likeness (QED) is 0.760. The van der Waals surface area contributed by atoms with Gasteiger partial charge in [-0.3, -0.25) is 10.1 Å². The van der Waals surface area contributed by atoms with Crippen LogP contribution >= 0.6 is 22.9 Å². The number of thiophene rings is 1. The first-order chi connectivity index (χ1) is 11.2. The lowest BCUT2D eigenvalue weighted by Gasteiger charge is -2.03. The van der Waals surface area contributed by atoms with Gasteiger partial charge >= 0.3 is 6.01 Å². The van der Waals surface area contributed by atoms with Crippen LogP contribution in [0.2, 0.25) is 4.34 Å². The highest BCUT2D eigenvalue weighted by Gasteiger charge is 2.15. The van der Waals surface area contributed by atoms with Crippen molar-refractivity contribution in [3.05, 3.63) is 45.6 Å². The summed E-state index contributed by atoms with van der Waals surface area (Å²) < 4.78 is 11.4. The van der Waals surface area contributed by atoms with Crippen molar-refractivity contribution in [3.8, 4) is 17.2 Å². The summed E-state index contributed by atoms with van der Waals surface area (Å²) in [7, 11) is 1.56. The van der Waals surface area contributed by atoms with Crippen LogP contribution in [0.4, 0.5) is 6.01 Å². The molecule has 0 saturated heterocycles. The largest absolute Gasteiger partial charge is 0.496 e. The molecule has 2 heterocycles. The Morgan fingerprint density at radius 1 is 1.30 bits per heavy atom. The Labute approximate surface area is 141 Å². The molecule has 0 atom stereocenters. The van der Waals surface area contributed by atoms with E-state index in [0.717, 1.165) is 4.88 Å². The van der Waals surface area contributed by atoms with Gasteiger partial charge in [0.05, 0.1) is 23.4 Å². The standard InChI is InChI=1S/C15H12ClN3O3S/c1-21-11-5-3-2-4-10(11)14-18-19-15(22-14)17-13(20)8-9-6-7-12(16)23-9/h2-7H,8H2,1H3,(H,17,19,20). The Hall–Kier alpha value is -2.38. The van der Waals surface area contributed by atoms with Crippen LogP contribution in [0.25, 0.3) is 11.5 Å². The minimum atomic E-state index is -0.251. The number of ether oxygens (including phenoxy) is 1. The van der Waals surface area contributed by atoms with Gasteiger partial charge in [-0.25, -0.2) is 0 Å². The van der Waals surface area contributed by atoms with Gasteiger partial charge in [-0.05, 0) is 24.3 Å². The van der Waals surface area contributed by atoms with Crippen molar-refractivity contribution in [3.63, 3.8) is 0 Å². The SMILES string of the molecule is COc1ccccc1-c1nnc(NC(=O)Cc2ccc(Cl)s2)o1. The molecule has 0 aliphatic rings. The number of nitrogens with zero attached hydrogens (tertiary/aromatic N) is 2. The first kappa shape index (κ1) is 15.5. The Bertz CT molecular complexity index is 831. The number of methoxy groups -OCH3 is 1. The summed E-state index contributed by atoms with van der Waals surface area (Å²) in [6.45, 7) is 0. The Morgan fingerprint density at radius 3 is 2.87 bits per heavy atom. The van der Waals surface area contributed by atoms with Crippen LogP contribution in [0.15, 0.2) is 40.8 Å². The predicted octanol–water partition coefficient (Wildman–Crippen LogP) is 3.64. The second-order valence-corrected chi connectivity index (χ2v) is 6.34. The molecule has 3 aromatic rings. The highest BCUT2D eigenvalue weighted by Crippen LogP contribution is 2.29. The van der Waals surface area contributed by atoms with E-state index in [-0.39, 0.29) is 24.2 Å². The molecule has 0 bridgehead atoms. The van der Waals surface area contributed by atoms with Crippen molar-refractivity contribution in [2.45, 2.75) is 6.42 Å². The average molecular weight is 350 g/mol. The molecule has 8 heteroatoms. The molecule has 1 amide bonds. The minimum absolute atomic E-state index is 0.0403. The smallest absolute Gasteiger partial charge is 0.322 e. The molecular formula is C15H12ClN3O3S. The van der Waals surface area contributed by atoms with E-state index in [1.54, 1.807) is 31.4 Å². The van der Waals surface area contributed by atoms with Gasteiger partial charge in [-0.2, -0.15) is 0 Å². The van der Waals surface area contributed by atoms with Crippen LogP contribution < -0.4 is 10.1 Å². The lowest BCUT2D eigenvalue weighted by Crippen LogP contribution is -2.13. The van der Waals surface area contributed by atoms with Crippen molar-refractivity contribution in [1.82, 2.24) is 10.2 Å². The maximum absolute atomic E-state index is 12.0. The van der Waals surface area contributed by atoms with Gasteiger partial charge in [0.25, 0.3) is 5.89 Å². The fourth-order valence-electron chi connectivity index (χ4n) is 1.97. The van der Waals surface area contributed by atoms with E-state index in [1.165, 1.54) is 11.3 Å². The Balaban J connectivity index is 1.71. The lowest BCUT2D eigenvalue weighted by atomic mass is 10.2. The molecule has 0 spiro atoms. The van der Waals surface area contributed by atoms with E-state index in [9.17, 15) is 4.79 Å². The molecule has 1 aromatic carbocycles. The van der Waals surface area contributed by atoms with Gasteiger partial charge in [0, 0.05) is 4.88 Å². The number of aromatic nitrogens is 2. The number of carbonyl (C=O) groups is 1. The maximum Gasteiger partial charge on any atom is 0.322 e. The minimum Gasteiger partial charge on any atom is -0.496 e. The average Bonchev–Trinajstić information content (AvgIpc) is 3.16. The van der Waals surface area contributed by atoms with E-state index in [1.807, 2.05) is 12.1 Å². The summed E-state index contributed by atoms with van der Waals surface area (Å²) in [5, 5.41) is 10.3. The molecule has 2 aromatic heterocycles. The number of halogens is 1. The first-order valence-corrected chi connectivity index (χ1v) is 7.86. The summed E-state index contributed by atoms with van der Waals surface area (Å²) in [5.41, 5.74) is 0.660. The van der Waals surface area contributed by atoms with Gasteiger partial charge in [-0.15, -0.1) is 16.4 Å². The number of anilines is 1. The molecule has 3 rings (SSSR count). The summed E-state index contributed by atoms with van der Waals surface area (Å²) in [6.07, 6.45) is 0.198. The fraction of sp³-hybridized carbons (Fsp3) is 0.133. The highest BCUT2D eigenvalue weighted by molar-refractivity contribution is 7.16. The summed E-state index contributed by atoms with van der Waals surface area (Å²) >= 11 is 7.19. The Kier molecular flexibility index (Phi) is 4.59. The van der Waals surface area contributed by atoms with Crippen LogP contribution in [0, 0.1) is 0 Å². The topological polar surface area (TPSA) is 77.3 Å². The third kappa shape index (κ3) is 3.69. The predicted molar refractivity (Wildman–Crippen MR) is 87.9 cm³/mol. The zero-order valence-corrected chi connectivity index (χ0v) is 13.6. The fourth-order valence-corrected chi connectivity index (χ4v) is 3.06. The third-order valence-electron chi connectivity index (χ3n) is 2.97. The van der Waals surface area contributed by atoms with Crippen LogP contribution in [-0.2, 0) is 11.2 Å². The highest BCUT2D eigenvalue weighted by atomic mass is 35.5. The number of nitrogens with one attached hydrogen (secondary N) is 1. The molecule has 0 unspecified atom stereocenters. The molecule has 0 fully saturated rings. The molecule has 1 N–H and O–H groups in total. The molecule has 0 radical (unpaired) electrons. The number of benzene rings is 1. The van der Waals surface area contributed by atoms with E-state index in [2.05, 4.69) is 15.5 Å². The number of para-hydroxylation sites is 1. The molecule has 23 heavy (non-hydrogen) atoms. The summed E-state index contributed by atoms with van der Waals surface area (Å²) in [4.78, 5) is 12.8. The van der Waals surface area contributed by atoms with E-state index in [0.29, 0.717) is 15.6 Å². The van der Waals surface area contributed by atoms with E-state index in [4.69, 9.17) is 20.8 Å². The van der Waals surface area contributed by atoms with Crippen molar-refractivity contribution in [2.24, 2.45) is 0 Å². The lowest BCUT2D eigenvalue weighted by molar-refractivity contribution is -0.115. The van der Waals surface area contributed by atoms with Crippen LogP contribution in [0.5, 0.6) is 5.75 Å². The Morgan fingerprint density at radius 2 is 2.13 bits per heavy atom. The van der Waals surface area contributed by atoms with Crippen LogP contribution in [-0.4, -0.2) is 23.2 Å². The van der Waals surface area contributed by atoms with Crippen molar-refractivity contribution < 1.29 is 13.9 Å². The second kappa shape index (κ2) is 6.80. The van der Waals surface area contributed by atoms with Gasteiger partial charge in [0.1, 0.15) is 5.75 Å². The molecular weight excluding hydrogens is 338 g/mol. The molecule has 6 nitrogen and oxygen atoms in total. The zero-order chi connectivity index (χ0) is 16.2. The number of hydrogen-bond acceptors (Lipinski definition) is 6. The molecule has 0 aliphatic heterocycles. The van der Waals surface area contributed by atoms with Gasteiger partial charge in [0.15, 0.2) is 0 Å². The zero-order valence-electron chi connectivity index (χ0n) is 12.1. The third-order valence-corrected chi connectivity index (χ3v) is 4.20. The summed E-state index contributed by atoms with van der Waals surface area (Å²) in [5.74, 6) is 0.637. The normalized spacial score (nSPS) is 10.5. The summed E-state index contributed by atoms with van der Waals surface area (Å²) in [6, 6.07) is 10.9. The second-order valence-electron chi connectivity index (χ2n) is 4.54. The van der Waals surface area contributed by atoms with Gasteiger partial charge in [0.2, 0.25) is 5.91 Å². The van der Waals surface area contributed by atoms with E-state index < -0.39 is 0 Å². The van der Waals surface area contributed by atoms with Gasteiger partial charge in [-0.1, -0.05) is 28.8 Å². The number of amides is 1. The number of rotatable bonds is 5. The maximum atomic E-state index is 12.0. The van der Waals surface area contributed by atoms with Crippen molar-refractivity contribution in [2.75, 3.05) is 12.4 Å². The van der Waals surface area contributed by atoms with Gasteiger partial charge < -0.3 is 9.15 Å². The monoisotopic (exact) mass is 349 g/mol. The molecule has 0 saturated carbocycles. The van der Waals surface area contributed by atoms with Crippen LogP contribution in [0.1, 0.15) is 4.88 Å². The van der Waals surface area contributed by atoms with E-state index >= 15 is 0 Å². The van der Waals surface area contributed by atoms with Crippen molar-refractivity contribution in [1.29, 1.82) is 0 Å². The number of hydrogen-bond donors (Lipinski definition) is 1. The number of carbonyl (C=O) groups excluding carboxylic acids is 1. The van der Waals surface area contributed by atoms with Crippen LogP contribution in [0.3, 0.4) is 0 Å². The first-order valence-electron chi connectivity index (χ1n) is 6.66. The molecule has 118 valence electrons. The molecule has 0 aliphatic carbocycles.